The smallest absolute Gasteiger partial charge is 0.410 e. The van der Waals surface area contributed by atoms with Crippen LogP contribution in [0.5, 0.6) is 0 Å². The second kappa shape index (κ2) is 4.22. The molecule has 1 heterocycles. The number of aliphatic hydroxyl groups excluding tert-OH is 1. The van der Waals surface area contributed by atoms with Crippen LogP contribution in [-0.2, 0) is 4.74 Å². The van der Waals surface area contributed by atoms with Crippen molar-refractivity contribution in [3.05, 3.63) is 0 Å². The Balaban J connectivity index is 2.71. The van der Waals surface area contributed by atoms with E-state index in [1.807, 2.05) is 0 Å². The Kier molecular flexibility index (Phi) is 3.50. The van der Waals surface area contributed by atoms with Gasteiger partial charge in [-0.1, -0.05) is 0 Å². The second-order valence-electron chi connectivity index (χ2n) is 5.48. The van der Waals surface area contributed by atoms with Crippen LogP contribution < -0.4 is 0 Å². The molecular weight excluding hydrogens is 210 g/mol. The molecule has 2 unspecified atom stereocenters. The van der Waals surface area contributed by atoms with Crippen LogP contribution in [0.1, 0.15) is 34.1 Å². The standard InChI is InChI=1S/C11H21NO4/c1-10(2,3)16-9(14)12-6-5-11(4,15)8(12)7-13/h8,13,15H,5-7H2,1-4H3. The Morgan fingerprint density at radius 2 is 2.12 bits per heavy atom. The van der Waals surface area contributed by atoms with Gasteiger partial charge < -0.3 is 14.9 Å². The zero-order chi connectivity index (χ0) is 12.6. The maximum absolute atomic E-state index is 11.8. The molecule has 94 valence electrons. The van der Waals surface area contributed by atoms with E-state index in [4.69, 9.17) is 4.74 Å². The van der Waals surface area contributed by atoms with E-state index in [-0.39, 0.29) is 6.61 Å². The highest BCUT2D eigenvalue weighted by molar-refractivity contribution is 5.69. The van der Waals surface area contributed by atoms with Crippen molar-refractivity contribution in [3.63, 3.8) is 0 Å². The summed E-state index contributed by atoms with van der Waals surface area (Å²) in [4.78, 5) is 13.2. The molecule has 1 aliphatic heterocycles. The molecule has 2 N–H and O–H groups in total. The molecule has 0 aliphatic carbocycles. The van der Waals surface area contributed by atoms with Gasteiger partial charge in [-0.05, 0) is 34.1 Å². The van der Waals surface area contributed by atoms with Gasteiger partial charge in [-0.2, -0.15) is 0 Å². The molecule has 0 aromatic carbocycles. The van der Waals surface area contributed by atoms with E-state index < -0.39 is 23.3 Å². The molecule has 0 saturated carbocycles. The van der Waals surface area contributed by atoms with E-state index in [1.165, 1.54) is 4.90 Å². The fraction of sp³-hybridized carbons (Fsp3) is 0.909. The molecule has 1 saturated heterocycles. The van der Waals surface area contributed by atoms with E-state index in [9.17, 15) is 15.0 Å². The number of hydrogen-bond acceptors (Lipinski definition) is 4. The van der Waals surface area contributed by atoms with Crippen molar-refractivity contribution in [2.45, 2.75) is 51.4 Å². The number of amides is 1. The summed E-state index contributed by atoms with van der Waals surface area (Å²) < 4.78 is 5.21. The molecule has 1 rings (SSSR count). The minimum Gasteiger partial charge on any atom is -0.444 e. The predicted molar refractivity (Wildman–Crippen MR) is 59.1 cm³/mol. The lowest BCUT2D eigenvalue weighted by Gasteiger charge is -2.31. The lowest BCUT2D eigenvalue weighted by Crippen LogP contribution is -2.48. The maximum atomic E-state index is 11.8. The third kappa shape index (κ3) is 2.86. The number of ether oxygens (including phenoxy) is 1. The minimum atomic E-state index is -1.04. The molecule has 0 aromatic rings. The van der Waals surface area contributed by atoms with Gasteiger partial charge in [0.2, 0.25) is 0 Å². The van der Waals surface area contributed by atoms with Crippen LogP contribution in [0.2, 0.25) is 0 Å². The minimum absolute atomic E-state index is 0.258. The van der Waals surface area contributed by atoms with Crippen LogP contribution in [0.4, 0.5) is 4.79 Å². The normalized spacial score (nSPS) is 30.6. The van der Waals surface area contributed by atoms with Gasteiger partial charge in [0, 0.05) is 6.54 Å². The Hall–Kier alpha value is -0.810. The van der Waals surface area contributed by atoms with Gasteiger partial charge in [-0.15, -0.1) is 0 Å². The molecule has 1 amide bonds. The SMILES string of the molecule is CC(C)(C)OC(=O)N1CCC(C)(O)C1CO. The van der Waals surface area contributed by atoms with Gasteiger partial charge in [0.15, 0.2) is 0 Å². The fourth-order valence-electron chi connectivity index (χ4n) is 1.84. The number of carbonyl (C=O) groups excluding carboxylic acids is 1. The van der Waals surface area contributed by atoms with Gasteiger partial charge in [0.25, 0.3) is 0 Å². The third-order valence-corrected chi connectivity index (χ3v) is 2.75. The van der Waals surface area contributed by atoms with Crippen LogP contribution in [0, 0.1) is 0 Å². The fourth-order valence-corrected chi connectivity index (χ4v) is 1.84. The summed E-state index contributed by atoms with van der Waals surface area (Å²) >= 11 is 0. The summed E-state index contributed by atoms with van der Waals surface area (Å²) in [6.45, 7) is 7.13. The average Bonchev–Trinajstić information content (AvgIpc) is 2.37. The van der Waals surface area contributed by atoms with Crippen molar-refractivity contribution in [2.75, 3.05) is 13.2 Å². The number of nitrogens with zero attached hydrogens (tertiary/aromatic N) is 1. The first kappa shape index (κ1) is 13.3. The van der Waals surface area contributed by atoms with Crippen LogP contribution >= 0.6 is 0 Å². The summed E-state index contributed by atoms with van der Waals surface area (Å²) in [6.07, 6.45) is -0.0263. The third-order valence-electron chi connectivity index (χ3n) is 2.75. The van der Waals surface area contributed by atoms with Crippen molar-refractivity contribution in [1.82, 2.24) is 4.90 Å². The summed E-state index contributed by atoms with van der Waals surface area (Å²) in [6, 6.07) is -0.581. The molecule has 1 aliphatic rings. The zero-order valence-corrected chi connectivity index (χ0v) is 10.4. The average molecular weight is 231 g/mol. The maximum Gasteiger partial charge on any atom is 0.410 e. The number of carbonyl (C=O) groups is 1. The topological polar surface area (TPSA) is 70.0 Å². The molecule has 2 atom stereocenters. The van der Waals surface area contributed by atoms with Crippen molar-refractivity contribution in [1.29, 1.82) is 0 Å². The Morgan fingerprint density at radius 1 is 1.56 bits per heavy atom. The lowest BCUT2D eigenvalue weighted by atomic mass is 9.98. The molecule has 1 fully saturated rings. The Bertz CT molecular complexity index is 270. The summed E-state index contributed by atoms with van der Waals surface area (Å²) in [5, 5.41) is 19.2. The highest BCUT2D eigenvalue weighted by atomic mass is 16.6. The van der Waals surface area contributed by atoms with Gasteiger partial charge in [-0.25, -0.2) is 4.79 Å². The first-order valence-corrected chi connectivity index (χ1v) is 5.50. The van der Waals surface area contributed by atoms with Gasteiger partial charge in [0.05, 0.1) is 18.2 Å². The van der Waals surface area contributed by atoms with Crippen molar-refractivity contribution in [3.8, 4) is 0 Å². The molecule has 5 nitrogen and oxygen atoms in total. The van der Waals surface area contributed by atoms with Crippen LogP contribution in [0.15, 0.2) is 0 Å². The molecule has 5 heteroatoms. The van der Waals surface area contributed by atoms with E-state index in [0.717, 1.165) is 0 Å². The van der Waals surface area contributed by atoms with E-state index >= 15 is 0 Å². The van der Waals surface area contributed by atoms with Crippen molar-refractivity contribution >= 4 is 6.09 Å². The Morgan fingerprint density at radius 3 is 2.56 bits per heavy atom. The molecular formula is C11H21NO4. The van der Waals surface area contributed by atoms with Crippen LogP contribution in [-0.4, -0.2) is 51.6 Å². The number of likely N-dealkylation sites (tertiary alicyclic amines) is 1. The van der Waals surface area contributed by atoms with E-state index in [1.54, 1.807) is 27.7 Å². The van der Waals surface area contributed by atoms with Gasteiger partial charge in [0.1, 0.15) is 5.60 Å². The summed E-state index contributed by atoms with van der Waals surface area (Å²) in [7, 11) is 0. The second-order valence-corrected chi connectivity index (χ2v) is 5.48. The monoisotopic (exact) mass is 231 g/mol. The zero-order valence-electron chi connectivity index (χ0n) is 10.4. The van der Waals surface area contributed by atoms with Crippen LogP contribution in [0.25, 0.3) is 0 Å². The highest BCUT2D eigenvalue weighted by Gasteiger charge is 2.45. The molecule has 0 bridgehead atoms. The largest absolute Gasteiger partial charge is 0.444 e. The van der Waals surface area contributed by atoms with Gasteiger partial charge in [-0.3, -0.25) is 4.90 Å². The molecule has 0 spiro atoms. The first-order valence-electron chi connectivity index (χ1n) is 5.50. The van der Waals surface area contributed by atoms with Crippen molar-refractivity contribution in [2.24, 2.45) is 0 Å². The van der Waals surface area contributed by atoms with E-state index in [2.05, 4.69) is 0 Å². The number of rotatable bonds is 1. The van der Waals surface area contributed by atoms with Crippen LogP contribution in [0.3, 0.4) is 0 Å². The quantitative estimate of drug-likeness (QED) is 0.698. The van der Waals surface area contributed by atoms with E-state index in [0.29, 0.717) is 13.0 Å². The summed E-state index contributed by atoms with van der Waals surface area (Å²) in [5.74, 6) is 0. The molecule has 0 radical (unpaired) electrons. The molecule has 0 aromatic heterocycles. The number of aliphatic hydroxyl groups is 2. The van der Waals surface area contributed by atoms with Crippen molar-refractivity contribution < 1.29 is 19.7 Å². The first-order chi connectivity index (χ1) is 7.17. The molecule has 16 heavy (non-hydrogen) atoms. The lowest BCUT2D eigenvalue weighted by molar-refractivity contribution is -0.0219. The van der Waals surface area contributed by atoms with Gasteiger partial charge >= 0.3 is 6.09 Å². The number of hydrogen-bond donors (Lipinski definition) is 2. The highest BCUT2D eigenvalue weighted by Crippen LogP contribution is 2.29. The Labute approximate surface area is 96.0 Å². The summed E-state index contributed by atoms with van der Waals surface area (Å²) in [5.41, 5.74) is -1.60. The predicted octanol–water partition coefficient (Wildman–Crippen LogP) is 0.739.